The summed E-state index contributed by atoms with van der Waals surface area (Å²) >= 11 is 0. The van der Waals surface area contributed by atoms with Crippen molar-refractivity contribution in [2.75, 3.05) is 46.8 Å². The van der Waals surface area contributed by atoms with Gasteiger partial charge in [-0.3, -0.25) is 0 Å². The highest BCUT2D eigenvalue weighted by molar-refractivity contribution is 5.74. The van der Waals surface area contributed by atoms with E-state index in [1.165, 1.54) is 12.8 Å². The number of amides is 2. The highest BCUT2D eigenvalue weighted by Gasteiger charge is 2.18. The quantitative estimate of drug-likeness (QED) is 0.617. The second kappa shape index (κ2) is 10.0. The SMILES string of the molecule is CC1CCN(CC(O)CNC(=O)NC(C)CCN(C)C)CC1. The molecule has 2 atom stereocenters. The second-order valence-corrected chi connectivity index (χ2v) is 6.98. The minimum Gasteiger partial charge on any atom is -0.390 e. The van der Waals surface area contributed by atoms with E-state index in [1.54, 1.807) is 0 Å². The van der Waals surface area contributed by atoms with Crippen LogP contribution in [0.5, 0.6) is 0 Å². The van der Waals surface area contributed by atoms with Gasteiger partial charge in [-0.2, -0.15) is 0 Å². The maximum atomic E-state index is 11.8. The van der Waals surface area contributed by atoms with E-state index < -0.39 is 6.10 Å². The molecule has 3 N–H and O–H groups in total. The fraction of sp³-hybridized carbons (Fsp3) is 0.938. The van der Waals surface area contributed by atoms with Crippen molar-refractivity contribution in [1.29, 1.82) is 0 Å². The van der Waals surface area contributed by atoms with Gasteiger partial charge in [-0.15, -0.1) is 0 Å². The van der Waals surface area contributed by atoms with Gasteiger partial charge in [0.25, 0.3) is 0 Å². The average Bonchev–Trinajstić information content (AvgIpc) is 2.45. The first kappa shape index (κ1) is 19.2. The summed E-state index contributed by atoms with van der Waals surface area (Å²) < 4.78 is 0. The van der Waals surface area contributed by atoms with E-state index in [0.717, 1.165) is 32.0 Å². The van der Waals surface area contributed by atoms with E-state index in [4.69, 9.17) is 0 Å². The van der Waals surface area contributed by atoms with Crippen LogP contribution in [0.3, 0.4) is 0 Å². The van der Waals surface area contributed by atoms with Crippen LogP contribution < -0.4 is 10.6 Å². The first-order valence-electron chi connectivity index (χ1n) is 8.46. The summed E-state index contributed by atoms with van der Waals surface area (Å²) in [5, 5.41) is 15.7. The Balaban J connectivity index is 2.12. The number of rotatable bonds is 8. The fourth-order valence-corrected chi connectivity index (χ4v) is 2.62. The lowest BCUT2D eigenvalue weighted by atomic mass is 9.99. The summed E-state index contributed by atoms with van der Waals surface area (Å²) in [5.41, 5.74) is 0. The summed E-state index contributed by atoms with van der Waals surface area (Å²) in [7, 11) is 4.04. The van der Waals surface area contributed by atoms with Gasteiger partial charge in [0.1, 0.15) is 0 Å². The van der Waals surface area contributed by atoms with Gasteiger partial charge in [0.15, 0.2) is 0 Å². The third-order valence-corrected chi connectivity index (χ3v) is 4.23. The van der Waals surface area contributed by atoms with Gasteiger partial charge in [-0.05, 0) is 65.8 Å². The lowest BCUT2D eigenvalue weighted by Gasteiger charge is -2.31. The van der Waals surface area contributed by atoms with Crippen LogP contribution in [0.4, 0.5) is 4.79 Å². The Morgan fingerprint density at radius 2 is 2.00 bits per heavy atom. The molecule has 1 aliphatic rings. The predicted octanol–water partition coefficient (Wildman–Crippen LogP) is 0.719. The zero-order chi connectivity index (χ0) is 16.5. The van der Waals surface area contributed by atoms with Crippen molar-refractivity contribution in [3.05, 3.63) is 0 Å². The smallest absolute Gasteiger partial charge is 0.315 e. The largest absolute Gasteiger partial charge is 0.390 e. The van der Waals surface area contributed by atoms with Crippen molar-refractivity contribution in [3.63, 3.8) is 0 Å². The molecule has 22 heavy (non-hydrogen) atoms. The highest BCUT2D eigenvalue weighted by atomic mass is 16.3. The van der Waals surface area contributed by atoms with Crippen molar-refractivity contribution in [3.8, 4) is 0 Å². The number of carbonyl (C=O) groups excluding carboxylic acids is 1. The molecule has 0 aromatic carbocycles. The number of carbonyl (C=O) groups is 1. The molecule has 0 aliphatic carbocycles. The first-order chi connectivity index (χ1) is 10.4. The van der Waals surface area contributed by atoms with Gasteiger partial charge in [0.05, 0.1) is 6.10 Å². The molecule has 0 radical (unpaired) electrons. The molecule has 1 fully saturated rings. The summed E-state index contributed by atoms with van der Waals surface area (Å²) in [4.78, 5) is 16.2. The van der Waals surface area contributed by atoms with E-state index in [2.05, 4.69) is 27.4 Å². The maximum absolute atomic E-state index is 11.8. The number of nitrogens with one attached hydrogen (secondary N) is 2. The van der Waals surface area contributed by atoms with Gasteiger partial charge in [0.2, 0.25) is 0 Å². The van der Waals surface area contributed by atoms with Crippen LogP contribution in [0.1, 0.15) is 33.1 Å². The minimum absolute atomic E-state index is 0.128. The van der Waals surface area contributed by atoms with E-state index in [1.807, 2.05) is 21.0 Å². The van der Waals surface area contributed by atoms with Crippen molar-refractivity contribution in [2.24, 2.45) is 5.92 Å². The number of nitrogens with zero attached hydrogens (tertiary/aromatic N) is 2. The van der Waals surface area contributed by atoms with Crippen LogP contribution in [0.25, 0.3) is 0 Å². The molecule has 0 bridgehead atoms. The number of β-amino-alcohol motifs (C(OH)–C–C–N with tert-alkyl or cyclic N) is 1. The lowest BCUT2D eigenvalue weighted by molar-refractivity contribution is 0.0919. The fourth-order valence-electron chi connectivity index (χ4n) is 2.62. The van der Waals surface area contributed by atoms with Crippen molar-refractivity contribution in [2.45, 2.75) is 45.3 Å². The Morgan fingerprint density at radius 3 is 2.59 bits per heavy atom. The molecular formula is C16H34N4O2. The number of aliphatic hydroxyl groups excluding tert-OH is 1. The van der Waals surface area contributed by atoms with Crippen LogP contribution in [-0.4, -0.2) is 79.9 Å². The number of hydrogen-bond acceptors (Lipinski definition) is 4. The number of aliphatic hydroxyl groups is 1. The van der Waals surface area contributed by atoms with E-state index in [9.17, 15) is 9.90 Å². The Morgan fingerprint density at radius 1 is 1.36 bits per heavy atom. The normalized spacial score (nSPS) is 19.9. The number of likely N-dealkylation sites (tertiary alicyclic amines) is 1. The van der Waals surface area contributed by atoms with Crippen LogP contribution in [0.2, 0.25) is 0 Å². The summed E-state index contributed by atoms with van der Waals surface area (Å²) in [6.45, 7) is 8.25. The van der Waals surface area contributed by atoms with Crippen LogP contribution in [0.15, 0.2) is 0 Å². The Hall–Kier alpha value is -0.850. The average molecular weight is 314 g/mol. The number of hydrogen-bond donors (Lipinski definition) is 3. The molecule has 0 spiro atoms. The third kappa shape index (κ3) is 8.56. The van der Waals surface area contributed by atoms with Gasteiger partial charge in [-0.1, -0.05) is 6.92 Å². The van der Waals surface area contributed by atoms with E-state index in [0.29, 0.717) is 13.1 Å². The molecule has 1 heterocycles. The topological polar surface area (TPSA) is 67.8 Å². The lowest BCUT2D eigenvalue weighted by Crippen LogP contribution is -2.47. The van der Waals surface area contributed by atoms with Gasteiger partial charge >= 0.3 is 6.03 Å². The molecule has 2 unspecified atom stereocenters. The Bertz CT molecular complexity index is 317. The molecule has 1 aliphatic heterocycles. The summed E-state index contributed by atoms with van der Waals surface area (Å²) in [5.74, 6) is 0.793. The molecule has 0 aromatic heterocycles. The molecule has 1 rings (SSSR count). The molecular weight excluding hydrogens is 280 g/mol. The molecule has 0 aromatic rings. The molecule has 6 nitrogen and oxygen atoms in total. The van der Waals surface area contributed by atoms with Crippen molar-refractivity contribution in [1.82, 2.24) is 20.4 Å². The highest BCUT2D eigenvalue weighted by Crippen LogP contribution is 2.15. The summed E-state index contributed by atoms with van der Waals surface area (Å²) in [6, 6.07) is -0.0688. The van der Waals surface area contributed by atoms with Gasteiger partial charge in [-0.25, -0.2) is 4.79 Å². The Kier molecular flexibility index (Phi) is 8.75. The molecule has 1 saturated heterocycles. The van der Waals surface area contributed by atoms with Gasteiger partial charge < -0.3 is 25.5 Å². The third-order valence-electron chi connectivity index (χ3n) is 4.23. The maximum Gasteiger partial charge on any atom is 0.315 e. The minimum atomic E-state index is -0.503. The van der Waals surface area contributed by atoms with Crippen molar-refractivity contribution < 1.29 is 9.90 Å². The zero-order valence-corrected chi connectivity index (χ0v) is 14.6. The molecule has 0 saturated carbocycles. The monoisotopic (exact) mass is 314 g/mol. The van der Waals surface area contributed by atoms with E-state index >= 15 is 0 Å². The second-order valence-electron chi connectivity index (χ2n) is 6.98. The zero-order valence-electron chi connectivity index (χ0n) is 14.6. The predicted molar refractivity (Wildman–Crippen MR) is 90.0 cm³/mol. The standard InChI is InChI=1S/C16H34N4O2/c1-13-5-9-20(10-6-13)12-15(21)11-17-16(22)18-14(2)7-8-19(3)4/h13-15,21H,5-12H2,1-4H3,(H2,17,18,22). The van der Waals surface area contributed by atoms with Crippen LogP contribution >= 0.6 is 0 Å². The number of urea groups is 1. The molecule has 130 valence electrons. The van der Waals surface area contributed by atoms with E-state index in [-0.39, 0.29) is 12.1 Å². The van der Waals surface area contributed by atoms with Gasteiger partial charge in [0, 0.05) is 19.1 Å². The molecule has 6 heteroatoms. The summed E-state index contributed by atoms with van der Waals surface area (Å²) in [6.07, 6.45) is 2.81. The molecule has 2 amide bonds. The first-order valence-corrected chi connectivity index (χ1v) is 8.46. The Labute approximate surface area is 135 Å². The van der Waals surface area contributed by atoms with Crippen LogP contribution in [-0.2, 0) is 0 Å². The van der Waals surface area contributed by atoms with Crippen molar-refractivity contribution >= 4 is 6.03 Å². The van der Waals surface area contributed by atoms with Crippen LogP contribution in [0, 0.1) is 5.92 Å². The number of piperidine rings is 1.